The highest BCUT2D eigenvalue weighted by atomic mass is 16.3. The molecule has 4 nitrogen and oxygen atoms in total. The Hall–Kier alpha value is -1.55. The molecule has 1 aromatic carbocycles. The Morgan fingerprint density at radius 1 is 1.33 bits per heavy atom. The first kappa shape index (κ1) is 8.73. The number of nitrogens with one attached hydrogen (secondary N) is 1. The minimum absolute atomic E-state index is 0.000630. The molecule has 2 N–H and O–H groups in total. The van der Waals surface area contributed by atoms with Crippen molar-refractivity contribution < 1.29 is 9.90 Å². The van der Waals surface area contributed by atoms with E-state index in [1.165, 1.54) is 5.01 Å². The number of anilines is 1. The van der Waals surface area contributed by atoms with Gasteiger partial charge in [-0.25, -0.2) is 10.4 Å². The maximum Gasteiger partial charge on any atom is 0.243 e. The predicted octanol–water partition coefficient (Wildman–Crippen LogP) is 1.17. The molecule has 1 saturated heterocycles. The highest BCUT2D eigenvalue weighted by Gasteiger charge is 2.52. The van der Waals surface area contributed by atoms with E-state index in [-0.39, 0.29) is 17.2 Å². The van der Waals surface area contributed by atoms with Gasteiger partial charge in [0.1, 0.15) is 11.4 Å². The van der Waals surface area contributed by atoms with E-state index in [9.17, 15) is 9.90 Å². The lowest BCUT2D eigenvalue weighted by atomic mass is 10.2. The molecule has 1 spiro atoms. The van der Waals surface area contributed by atoms with Crippen LogP contribution in [0.4, 0.5) is 5.69 Å². The van der Waals surface area contributed by atoms with Gasteiger partial charge in [0.25, 0.3) is 0 Å². The fourth-order valence-corrected chi connectivity index (χ4v) is 1.99. The Balaban J connectivity index is 1.95. The van der Waals surface area contributed by atoms with Crippen molar-refractivity contribution in [1.82, 2.24) is 5.43 Å². The van der Waals surface area contributed by atoms with Gasteiger partial charge in [-0.05, 0) is 25.0 Å². The standard InChI is InChI=1S/C11H12N2O2/c14-9-4-2-1-3-8(9)13-10(15)7-11(12-13)5-6-11/h1-4,12,14H,5-7H2. The Labute approximate surface area is 87.5 Å². The maximum atomic E-state index is 11.7. The molecule has 0 bridgehead atoms. The third kappa shape index (κ3) is 1.29. The first-order valence-corrected chi connectivity index (χ1v) is 5.09. The first-order valence-electron chi connectivity index (χ1n) is 5.09. The molecule has 0 radical (unpaired) electrons. The Morgan fingerprint density at radius 2 is 2.07 bits per heavy atom. The van der Waals surface area contributed by atoms with Gasteiger partial charge >= 0.3 is 0 Å². The van der Waals surface area contributed by atoms with Gasteiger partial charge in [-0.1, -0.05) is 12.1 Å². The quantitative estimate of drug-likeness (QED) is 0.722. The summed E-state index contributed by atoms with van der Waals surface area (Å²) in [6, 6.07) is 6.87. The van der Waals surface area contributed by atoms with E-state index in [0.717, 1.165) is 12.8 Å². The van der Waals surface area contributed by atoms with Crippen LogP contribution in [-0.2, 0) is 4.79 Å². The Kier molecular flexibility index (Phi) is 1.59. The minimum atomic E-state index is -0.000630. The molecule has 4 heteroatoms. The van der Waals surface area contributed by atoms with E-state index in [1.54, 1.807) is 18.2 Å². The maximum absolute atomic E-state index is 11.7. The summed E-state index contributed by atoms with van der Waals surface area (Å²) in [5, 5.41) is 11.1. The second-order valence-corrected chi connectivity index (χ2v) is 4.29. The lowest BCUT2D eigenvalue weighted by molar-refractivity contribution is -0.117. The van der Waals surface area contributed by atoms with Crippen LogP contribution in [0.2, 0.25) is 0 Å². The zero-order chi connectivity index (χ0) is 10.5. The van der Waals surface area contributed by atoms with Crippen molar-refractivity contribution >= 4 is 11.6 Å². The van der Waals surface area contributed by atoms with Crippen molar-refractivity contribution in [2.75, 3.05) is 5.01 Å². The van der Waals surface area contributed by atoms with Gasteiger partial charge < -0.3 is 5.11 Å². The largest absolute Gasteiger partial charge is 0.506 e. The SMILES string of the molecule is O=C1CC2(CC2)NN1c1ccccc1O. The van der Waals surface area contributed by atoms with E-state index in [4.69, 9.17) is 0 Å². The molecule has 0 atom stereocenters. The predicted molar refractivity (Wildman–Crippen MR) is 55.3 cm³/mol. The number of hydrogen-bond donors (Lipinski definition) is 2. The number of rotatable bonds is 1. The molecule has 2 aliphatic rings. The number of carbonyl (C=O) groups excluding carboxylic acids is 1. The van der Waals surface area contributed by atoms with Crippen LogP contribution in [0.3, 0.4) is 0 Å². The highest BCUT2D eigenvalue weighted by Crippen LogP contribution is 2.44. The third-order valence-corrected chi connectivity index (χ3v) is 3.06. The zero-order valence-corrected chi connectivity index (χ0v) is 8.23. The number of hydrogen-bond acceptors (Lipinski definition) is 3. The summed E-state index contributed by atoms with van der Waals surface area (Å²) in [7, 11) is 0. The number of hydrazine groups is 1. The lowest BCUT2D eigenvalue weighted by Gasteiger charge is -2.18. The molecule has 0 aromatic heterocycles. The molecule has 1 aromatic rings. The van der Waals surface area contributed by atoms with Crippen LogP contribution < -0.4 is 10.4 Å². The number of para-hydroxylation sites is 2. The van der Waals surface area contributed by atoms with Crippen LogP contribution in [0.15, 0.2) is 24.3 Å². The van der Waals surface area contributed by atoms with Crippen molar-refractivity contribution in [3.63, 3.8) is 0 Å². The van der Waals surface area contributed by atoms with Crippen molar-refractivity contribution in [3.8, 4) is 5.75 Å². The molecule has 78 valence electrons. The van der Waals surface area contributed by atoms with Crippen LogP contribution in [0.5, 0.6) is 5.75 Å². The number of carbonyl (C=O) groups is 1. The fraction of sp³-hybridized carbons (Fsp3) is 0.364. The van der Waals surface area contributed by atoms with Crippen molar-refractivity contribution in [3.05, 3.63) is 24.3 Å². The highest BCUT2D eigenvalue weighted by molar-refractivity contribution is 5.97. The van der Waals surface area contributed by atoms with Crippen LogP contribution in [0, 0.1) is 0 Å². The van der Waals surface area contributed by atoms with Gasteiger partial charge in [0.05, 0.1) is 0 Å². The van der Waals surface area contributed by atoms with Crippen LogP contribution in [-0.4, -0.2) is 16.6 Å². The number of benzene rings is 1. The number of phenols is 1. The molecule has 3 rings (SSSR count). The molecule has 1 amide bonds. The zero-order valence-electron chi connectivity index (χ0n) is 8.23. The molecular weight excluding hydrogens is 192 g/mol. The molecule has 15 heavy (non-hydrogen) atoms. The van der Waals surface area contributed by atoms with Crippen molar-refractivity contribution in [2.24, 2.45) is 0 Å². The lowest BCUT2D eigenvalue weighted by Crippen LogP contribution is -2.38. The topological polar surface area (TPSA) is 52.6 Å². The molecule has 1 saturated carbocycles. The van der Waals surface area contributed by atoms with Crippen molar-refractivity contribution in [2.45, 2.75) is 24.8 Å². The van der Waals surface area contributed by atoms with E-state index in [0.29, 0.717) is 12.1 Å². The smallest absolute Gasteiger partial charge is 0.243 e. The second-order valence-electron chi connectivity index (χ2n) is 4.29. The van der Waals surface area contributed by atoms with E-state index >= 15 is 0 Å². The average Bonchev–Trinajstić information content (AvgIpc) is 2.87. The number of amides is 1. The average molecular weight is 204 g/mol. The summed E-state index contributed by atoms with van der Waals surface area (Å²) in [5.74, 6) is 0.171. The molecule has 2 fully saturated rings. The molecule has 0 unspecified atom stereocenters. The third-order valence-electron chi connectivity index (χ3n) is 3.06. The molecule has 1 heterocycles. The van der Waals surface area contributed by atoms with Crippen molar-refractivity contribution in [1.29, 1.82) is 0 Å². The van der Waals surface area contributed by atoms with E-state index in [1.807, 2.05) is 6.07 Å². The Morgan fingerprint density at radius 3 is 2.67 bits per heavy atom. The summed E-state index contributed by atoms with van der Waals surface area (Å²) in [6.45, 7) is 0. The fourth-order valence-electron chi connectivity index (χ4n) is 1.99. The monoisotopic (exact) mass is 204 g/mol. The van der Waals surface area contributed by atoms with Gasteiger partial charge in [0.2, 0.25) is 5.91 Å². The number of aromatic hydroxyl groups is 1. The summed E-state index contributed by atoms with van der Waals surface area (Å²) >= 11 is 0. The minimum Gasteiger partial charge on any atom is -0.506 e. The summed E-state index contributed by atoms with van der Waals surface area (Å²) in [4.78, 5) is 11.7. The Bertz CT molecular complexity index is 426. The van der Waals surface area contributed by atoms with Gasteiger partial charge in [-0.2, -0.15) is 0 Å². The van der Waals surface area contributed by atoms with Crippen LogP contribution in [0.25, 0.3) is 0 Å². The molecule has 1 aliphatic heterocycles. The van der Waals surface area contributed by atoms with Crippen LogP contribution >= 0.6 is 0 Å². The number of phenolic OH excluding ortho intramolecular Hbond substituents is 1. The number of nitrogens with zero attached hydrogens (tertiary/aromatic N) is 1. The summed E-state index contributed by atoms with van der Waals surface area (Å²) < 4.78 is 0. The summed E-state index contributed by atoms with van der Waals surface area (Å²) in [6.07, 6.45) is 2.63. The van der Waals surface area contributed by atoms with Crippen LogP contribution in [0.1, 0.15) is 19.3 Å². The first-order chi connectivity index (χ1) is 7.20. The van der Waals surface area contributed by atoms with E-state index in [2.05, 4.69) is 5.43 Å². The van der Waals surface area contributed by atoms with Gasteiger partial charge in [-0.15, -0.1) is 0 Å². The second kappa shape index (κ2) is 2.73. The molecular formula is C11H12N2O2. The van der Waals surface area contributed by atoms with Gasteiger partial charge in [0.15, 0.2) is 0 Å². The van der Waals surface area contributed by atoms with E-state index < -0.39 is 0 Å². The van der Waals surface area contributed by atoms with Gasteiger partial charge in [0, 0.05) is 12.0 Å². The summed E-state index contributed by atoms with van der Waals surface area (Å²) in [5.41, 5.74) is 3.72. The van der Waals surface area contributed by atoms with Gasteiger partial charge in [-0.3, -0.25) is 4.79 Å². The molecule has 1 aliphatic carbocycles. The normalized spacial score (nSPS) is 22.4.